The summed E-state index contributed by atoms with van der Waals surface area (Å²) in [5.41, 5.74) is -0.232. The third-order valence-corrected chi connectivity index (χ3v) is 5.90. The van der Waals surface area contributed by atoms with E-state index in [9.17, 15) is 19.5 Å². The van der Waals surface area contributed by atoms with Gasteiger partial charge in [0.1, 0.15) is 24.4 Å². The molecule has 8 nitrogen and oxygen atoms in total. The Kier molecular flexibility index (Phi) is 5.93. The van der Waals surface area contributed by atoms with Crippen molar-refractivity contribution in [2.24, 2.45) is 5.92 Å². The first-order valence-electron chi connectivity index (χ1n) is 9.93. The molecule has 0 amide bonds. The Labute approximate surface area is 175 Å². The summed E-state index contributed by atoms with van der Waals surface area (Å²) in [7, 11) is 0. The number of rotatable bonds is 3. The lowest BCUT2D eigenvalue weighted by Gasteiger charge is -2.33. The molecule has 0 saturated carbocycles. The topological polar surface area (TPSA) is 112 Å². The zero-order chi connectivity index (χ0) is 22.4. The van der Waals surface area contributed by atoms with Gasteiger partial charge in [-0.05, 0) is 39.3 Å². The molecule has 2 fully saturated rings. The maximum absolute atomic E-state index is 12.5. The van der Waals surface area contributed by atoms with Crippen LogP contribution >= 0.6 is 0 Å². The average Bonchev–Trinajstić information content (AvgIpc) is 3.40. The fourth-order valence-electron chi connectivity index (χ4n) is 4.10. The molecule has 0 aromatic heterocycles. The second-order valence-corrected chi connectivity index (χ2v) is 8.36. The Bertz CT molecular complexity index is 836. The molecule has 30 heavy (non-hydrogen) atoms. The lowest BCUT2D eigenvalue weighted by molar-refractivity contribution is -0.152. The second-order valence-electron chi connectivity index (χ2n) is 8.36. The summed E-state index contributed by atoms with van der Waals surface area (Å²) in [6, 6.07) is 0. The van der Waals surface area contributed by atoms with Gasteiger partial charge in [0.15, 0.2) is 6.10 Å². The van der Waals surface area contributed by atoms with Crippen LogP contribution in [0.2, 0.25) is 0 Å². The molecule has 0 spiro atoms. The smallest absolute Gasteiger partial charge is 0.334 e. The molecule has 0 aromatic carbocycles. The van der Waals surface area contributed by atoms with Crippen LogP contribution in [0.25, 0.3) is 0 Å². The van der Waals surface area contributed by atoms with Gasteiger partial charge in [0.05, 0.1) is 11.5 Å². The highest BCUT2D eigenvalue weighted by molar-refractivity contribution is 5.92. The molecular weight excluding hydrogens is 392 g/mol. The summed E-state index contributed by atoms with van der Waals surface area (Å²) in [4.78, 5) is 36.4. The van der Waals surface area contributed by atoms with Gasteiger partial charge >= 0.3 is 17.9 Å². The van der Waals surface area contributed by atoms with E-state index in [0.29, 0.717) is 11.1 Å². The monoisotopic (exact) mass is 420 g/mol. The first-order chi connectivity index (χ1) is 14.0. The fraction of sp³-hybridized carbons (Fsp3) is 0.591. The highest BCUT2D eigenvalue weighted by Gasteiger charge is 2.59. The fourth-order valence-corrected chi connectivity index (χ4v) is 4.10. The first kappa shape index (κ1) is 22.2. The minimum absolute atomic E-state index is 0.00654. The van der Waals surface area contributed by atoms with Crippen LogP contribution in [0.3, 0.4) is 0 Å². The van der Waals surface area contributed by atoms with Gasteiger partial charge < -0.3 is 24.1 Å². The van der Waals surface area contributed by atoms with Gasteiger partial charge in [0.25, 0.3) is 0 Å². The number of hydrogen-bond acceptors (Lipinski definition) is 8. The number of allylic oxidation sites excluding steroid dienone is 1. The van der Waals surface area contributed by atoms with Crippen LogP contribution in [0.5, 0.6) is 0 Å². The van der Waals surface area contributed by atoms with E-state index in [2.05, 4.69) is 6.58 Å². The van der Waals surface area contributed by atoms with E-state index in [1.54, 1.807) is 39.8 Å². The first-order valence-corrected chi connectivity index (χ1v) is 9.93. The molecule has 3 rings (SSSR count). The summed E-state index contributed by atoms with van der Waals surface area (Å²) in [6.45, 7) is 11.8. The van der Waals surface area contributed by atoms with Crippen LogP contribution in [0.15, 0.2) is 35.5 Å². The number of esters is 3. The molecule has 0 aromatic rings. The minimum atomic E-state index is -1.41. The molecule has 0 radical (unpaired) electrons. The summed E-state index contributed by atoms with van der Waals surface area (Å²) in [5, 5.41) is 11.1. The number of hydrogen-bond donors (Lipinski definition) is 1. The molecule has 1 N–H and O–H groups in total. The Morgan fingerprint density at radius 1 is 1.33 bits per heavy atom. The van der Waals surface area contributed by atoms with Gasteiger partial charge in [-0.3, -0.25) is 4.79 Å². The maximum Gasteiger partial charge on any atom is 0.334 e. The van der Waals surface area contributed by atoms with Crippen molar-refractivity contribution in [1.29, 1.82) is 0 Å². The largest absolute Gasteiger partial charge is 0.458 e. The average molecular weight is 420 g/mol. The minimum Gasteiger partial charge on any atom is -0.458 e. The zero-order valence-electron chi connectivity index (χ0n) is 17.8. The van der Waals surface area contributed by atoms with Crippen LogP contribution in [0.4, 0.5) is 0 Å². The van der Waals surface area contributed by atoms with Crippen LogP contribution < -0.4 is 0 Å². The van der Waals surface area contributed by atoms with Crippen LogP contribution in [-0.4, -0.2) is 59.1 Å². The van der Waals surface area contributed by atoms with E-state index in [1.807, 2.05) is 0 Å². The Morgan fingerprint density at radius 2 is 2.00 bits per heavy atom. The molecule has 0 bridgehead atoms. The zero-order valence-corrected chi connectivity index (χ0v) is 17.8. The van der Waals surface area contributed by atoms with Gasteiger partial charge in [0, 0.05) is 24.5 Å². The van der Waals surface area contributed by atoms with Crippen LogP contribution in [0.1, 0.15) is 41.0 Å². The van der Waals surface area contributed by atoms with Gasteiger partial charge in [0.2, 0.25) is 0 Å². The Balaban J connectivity index is 2.03. The molecule has 7 unspecified atom stereocenters. The van der Waals surface area contributed by atoms with Gasteiger partial charge in [-0.2, -0.15) is 0 Å². The van der Waals surface area contributed by atoms with Gasteiger partial charge in [-0.1, -0.05) is 12.7 Å². The summed E-state index contributed by atoms with van der Waals surface area (Å²) in [6.07, 6.45) is -0.261. The molecule has 7 atom stereocenters. The summed E-state index contributed by atoms with van der Waals surface area (Å²) in [5.74, 6) is -2.33. The molecule has 2 saturated heterocycles. The molecule has 2 aliphatic heterocycles. The number of carbonyl (C=O) groups excluding carboxylic acids is 3. The maximum atomic E-state index is 12.5. The van der Waals surface area contributed by atoms with E-state index in [1.165, 1.54) is 6.92 Å². The van der Waals surface area contributed by atoms with Crippen molar-refractivity contribution in [2.75, 3.05) is 0 Å². The number of aliphatic hydroxyl groups is 1. The lowest BCUT2D eigenvalue weighted by atomic mass is 9.80. The van der Waals surface area contributed by atoms with Crippen molar-refractivity contribution in [1.82, 2.24) is 0 Å². The van der Waals surface area contributed by atoms with Crippen molar-refractivity contribution >= 4 is 17.9 Å². The van der Waals surface area contributed by atoms with Crippen molar-refractivity contribution < 1.29 is 38.4 Å². The van der Waals surface area contributed by atoms with Gasteiger partial charge in [-0.25, -0.2) is 9.59 Å². The summed E-state index contributed by atoms with van der Waals surface area (Å²) >= 11 is 0. The van der Waals surface area contributed by atoms with Crippen LogP contribution in [-0.2, 0) is 33.3 Å². The Hall–Kier alpha value is -2.45. The standard InChI is InChI=1S/C22H28O8/c1-7-10(2)20(24)29-15-9-22(6,26)19-18(30-19)17(27-13(5)23)11(3)8-14-16(15)12(4)21(25)28-14/h7-8,14-19,26H,4,9H2,1-3,5-6H3/b10-7+,11-8-. The second kappa shape index (κ2) is 8.00. The predicted octanol–water partition coefficient (Wildman–Crippen LogP) is 1.76. The SMILES string of the molecule is C=C1C(=O)OC2/C=C(/C)C(OC(C)=O)C3OC3C(C)(O)CC(OC(=O)/C(C)=C/C)C12. The molecule has 2 heterocycles. The predicted molar refractivity (Wildman–Crippen MR) is 105 cm³/mol. The molecular formula is C22H28O8. The van der Waals surface area contributed by atoms with Crippen LogP contribution in [0, 0.1) is 5.92 Å². The van der Waals surface area contributed by atoms with E-state index >= 15 is 0 Å². The number of fused-ring (bicyclic) bond motifs is 2. The molecule has 3 aliphatic rings. The summed E-state index contributed by atoms with van der Waals surface area (Å²) < 4.78 is 22.3. The van der Waals surface area contributed by atoms with Gasteiger partial charge in [-0.15, -0.1) is 0 Å². The number of carbonyl (C=O) groups is 3. The normalized spacial score (nSPS) is 40.3. The number of epoxide rings is 1. The van der Waals surface area contributed by atoms with E-state index < -0.39 is 59.9 Å². The molecule has 164 valence electrons. The van der Waals surface area contributed by atoms with E-state index in [4.69, 9.17) is 18.9 Å². The van der Waals surface area contributed by atoms with Crippen molar-refractivity contribution in [2.45, 2.75) is 77.2 Å². The third kappa shape index (κ3) is 4.20. The van der Waals surface area contributed by atoms with Crippen molar-refractivity contribution in [3.05, 3.63) is 35.5 Å². The van der Waals surface area contributed by atoms with E-state index in [-0.39, 0.29) is 12.0 Å². The lowest BCUT2D eigenvalue weighted by Crippen LogP contribution is -2.45. The highest BCUT2D eigenvalue weighted by Crippen LogP contribution is 2.45. The van der Waals surface area contributed by atoms with E-state index in [0.717, 1.165) is 0 Å². The number of ether oxygens (including phenoxy) is 4. The molecule has 1 aliphatic carbocycles. The third-order valence-electron chi connectivity index (χ3n) is 5.90. The Morgan fingerprint density at radius 3 is 2.60 bits per heavy atom. The highest BCUT2D eigenvalue weighted by atomic mass is 16.6. The molecule has 8 heteroatoms. The van der Waals surface area contributed by atoms with Crippen molar-refractivity contribution in [3.8, 4) is 0 Å². The quantitative estimate of drug-likeness (QED) is 0.242. The van der Waals surface area contributed by atoms with Crippen molar-refractivity contribution in [3.63, 3.8) is 0 Å².